The van der Waals surface area contributed by atoms with Crippen LogP contribution in [0, 0.1) is 0 Å². The molecule has 1 aliphatic heterocycles. The first-order valence-electron chi connectivity index (χ1n) is 8.72. The molecule has 2 aliphatic rings. The van der Waals surface area contributed by atoms with Crippen LogP contribution in [-0.2, 0) is 10.4 Å². The molecule has 1 fully saturated rings. The Morgan fingerprint density at radius 2 is 1.44 bits per heavy atom. The number of ether oxygens (including phenoxy) is 1. The summed E-state index contributed by atoms with van der Waals surface area (Å²) in [6.07, 6.45) is 0.680. The Hall–Kier alpha value is -2.87. The molecule has 0 bridgehead atoms. The summed E-state index contributed by atoms with van der Waals surface area (Å²) in [6, 6.07) is 28.3. The summed E-state index contributed by atoms with van der Waals surface area (Å²) in [6.45, 7) is 0. The molecule has 0 N–H and O–H groups in total. The summed E-state index contributed by atoms with van der Waals surface area (Å²) in [5, 5.41) is 0. The lowest BCUT2D eigenvalue weighted by molar-refractivity contribution is -0.120. The van der Waals surface area contributed by atoms with Crippen LogP contribution in [0.15, 0.2) is 84.9 Å². The minimum absolute atomic E-state index is 0.125. The smallest absolute Gasteiger partial charge is 0.152 e. The van der Waals surface area contributed by atoms with Crippen LogP contribution in [-0.4, -0.2) is 5.78 Å². The van der Waals surface area contributed by atoms with Crippen molar-refractivity contribution < 1.29 is 9.53 Å². The summed E-state index contributed by atoms with van der Waals surface area (Å²) in [5.74, 6) is 0.743. The van der Waals surface area contributed by atoms with E-state index in [2.05, 4.69) is 12.1 Å². The van der Waals surface area contributed by atoms with E-state index in [0.717, 1.165) is 22.4 Å². The normalized spacial score (nSPS) is 26.8. The molecule has 122 valence electrons. The molecule has 1 aliphatic carbocycles. The van der Waals surface area contributed by atoms with Crippen molar-refractivity contribution in [2.75, 3.05) is 0 Å². The molecule has 0 spiro atoms. The van der Waals surface area contributed by atoms with Gasteiger partial charge >= 0.3 is 0 Å². The Bertz CT molecular complexity index is 933. The third kappa shape index (κ3) is 2.00. The molecule has 3 atom stereocenters. The van der Waals surface area contributed by atoms with E-state index in [0.29, 0.717) is 6.42 Å². The molecule has 0 amide bonds. The lowest BCUT2D eigenvalue weighted by atomic mass is 9.81. The molecular weight excluding hydrogens is 308 g/mol. The fraction of sp³-hybridized carbons (Fsp3) is 0.174. The van der Waals surface area contributed by atoms with Crippen molar-refractivity contribution in [2.24, 2.45) is 0 Å². The van der Waals surface area contributed by atoms with Crippen LogP contribution in [0.3, 0.4) is 0 Å². The highest BCUT2D eigenvalue weighted by Gasteiger charge is 2.61. The molecule has 2 heteroatoms. The molecule has 0 aromatic heterocycles. The zero-order valence-electron chi connectivity index (χ0n) is 13.8. The van der Waals surface area contributed by atoms with Crippen molar-refractivity contribution >= 4 is 5.78 Å². The Morgan fingerprint density at radius 3 is 2.20 bits per heavy atom. The largest absolute Gasteiger partial charge is 0.481 e. The Morgan fingerprint density at radius 1 is 0.800 bits per heavy atom. The highest BCUT2D eigenvalue weighted by Crippen LogP contribution is 2.60. The fourth-order valence-electron chi connectivity index (χ4n) is 4.50. The lowest BCUT2D eigenvalue weighted by Gasteiger charge is -2.29. The first kappa shape index (κ1) is 14.5. The second kappa shape index (κ2) is 5.32. The lowest BCUT2D eigenvalue weighted by Crippen LogP contribution is -2.32. The molecular formula is C23H18O2. The number of hydrogen-bond donors (Lipinski definition) is 0. The van der Waals surface area contributed by atoms with E-state index < -0.39 is 5.60 Å². The van der Waals surface area contributed by atoms with Crippen LogP contribution in [0.25, 0.3) is 0 Å². The van der Waals surface area contributed by atoms with Gasteiger partial charge in [0.05, 0.1) is 5.92 Å². The van der Waals surface area contributed by atoms with Gasteiger partial charge in [-0.3, -0.25) is 4.79 Å². The van der Waals surface area contributed by atoms with E-state index in [1.54, 1.807) is 0 Å². The summed E-state index contributed by atoms with van der Waals surface area (Å²) in [4.78, 5) is 13.4. The van der Waals surface area contributed by atoms with E-state index in [9.17, 15) is 4.79 Å². The van der Waals surface area contributed by atoms with E-state index in [1.165, 1.54) is 0 Å². The SMILES string of the molecule is O=C1C2c3ccccc3O[C@@]2(c2ccccc2)C[C@@H]1c1ccccc1. The van der Waals surface area contributed by atoms with Gasteiger partial charge in [0, 0.05) is 17.9 Å². The van der Waals surface area contributed by atoms with Gasteiger partial charge in [0.25, 0.3) is 0 Å². The summed E-state index contributed by atoms with van der Waals surface area (Å²) in [7, 11) is 0. The van der Waals surface area contributed by atoms with Gasteiger partial charge in [-0.05, 0) is 17.2 Å². The quantitative estimate of drug-likeness (QED) is 0.675. The molecule has 2 nitrogen and oxygen atoms in total. The number of ketones is 1. The maximum absolute atomic E-state index is 13.4. The summed E-state index contributed by atoms with van der Waals surface area (Å²) in [5.41, 5.74) is 2.60. The zero-order valence-corrected chi connectivity index (χ0v) is 13.8. The number of fused-ring (bicyclic) bond motifs is 3. The van der Waals surface area contributed by atoms with Crippen LogP contribution in [0.4, 0.5) is 0 Å². The maximum atomic E-state index is 13.4. The molecule has 1 saturated carbocycles. The van der Waals surface area contributed by atoms with Crippen molar-refractivity contribution in [3.63, 3.8) is 0 Å². The number of Topliss-reactive ketones (excluding diaryl/α,β-unsaturated/α-hetero) is 1. The highest BCUT2D eigenvalue weighted by atomic mass is 16.5. The predicted molar refractivity (Wildman–Crippen MR) is 96.7 cm³/mol. The van der Waals surface area contributed by atoms with Gasteiger partial charge in [-0.15, -0.1) is 0 Å². The van der Waals surface area contributed by atoms with Gasteiger partial charge in [-0.2, -0.15) is 0 Å². The second-order valence-electron chi connectivity index (χ2n) is 6.90. The van der Waals surface area contributed by atoms with Crippen LogP contribution >= 0.6 is 0 Å². The van der Waals surface area contributed by atoms with E-state index in [1.807, 2.05) is 72.8 Å². The van der Waals surface area contributed by atoms with Crippen molar-refractivity contribution in [1.82, 2.24) is 0 Å². The van der Waals surface area contributed by atoms with Gasteiger partial charge in [0.2, 0.25) is 0 Å². The number of benzene rings is 3. The Kier molecular flexibility index (Phi) is 3.08. The number of para-hydroxylation sites is 1. The Balaban J connectivity index is 1.69. The number of rotatable bonds is 2. The van der Waals surface area contributed by atoms with Crippen molar-refractivity contribution in [1.29, 1.82) is 0 Å². The minimum Gasteiger partial charge on any atom is -0.481 e. The monoisotopic (exact) mass is 326 g/mol. The van der Waals surface area contributed by atoms with E-state index in [-0.39, 0.29) is 17.6 Å². The van der Waals surface area contributed by atoms with Crippen LogP contribution in [0.5, 0.6) is 5.75 Å². The van der Waals surface area contributed by atoms with Gasteiger partial charge in [0.15, 0.2) is 5.78 Å². The third-order valence-corrected chi connectivity index (χ3v) is 5.59. The predicted octanol–water partition coefficient (Wildman–Crippen LogP) is 4.81. The van der Waals surface area contributed by atoms with Crippen molar-refractivity contribution in [3.05, 3.63) is 102 Å². The second-order valence-corrected chi connectivity index (χ2v) is 6.90. The fourth-order valence-corrected chi connectivity index (χ4v) is 4.50. The summed E-state index contributed by atoms with van der Waals surface area (Å²) >= 11 is 0. The van der Waals surface area contributed by atoms with Crippen LogP contribution in [0.1, 0.15) is 34.9 Å². The summed E-state index contributed by atoms with van der Waals surface area (Å²) < 4.78 is 6.51. The number of carbonyl (C=O) groups is 1. The van der Waals surface area contributed by atoms with Crippen molar-refractivity contribution in [3.8, 4) is 5.75 Å². The molecule has 1 unspecified atom stereocenters. The number of carbonyl (C=O) groups excluding carboxylic acids is 1. The molecule has 1 heterocycles. The molecule has 25 heavy (non-hydrogen) atoms. The average Bonchev–Trinajstić information content (AvgIpc) is 3.16. The van der Waals surface area contributed by atoms with E-state index in [4.69, 9.17) is 4.74 Å². The molecule has 0 radical (unpaired) electrons. The highest BCUT2D eigenvalue weighted by molar-refractivity contribution is 5.97. The zero-order chi connectivity index (χ0) is 16.9. The van der Waals surface area contributed by atoms with Crippen LogP contribution in [0.2, 0.25) is 0 Å². The first-order chi connectivity index (χ1) is 12.3. The van der Waals surface area contributed by atoms with Gasteiger partial charge in [-0.1, -0.05) is 78.9 Å². The van der Waals surface area contributed by atoms with E-state index >= 15 is 0 Å². The maximum Gasteiger partial charge on any atom is 0.152 e. The number of hydrogen-bond acceptors (Lipinski definition) is 2. The van der Waals surface area contributed by atoms with Gasteiger partial charge < -0.3 is 4.74 Å². The van der Waals surface area contributed by atoms with Crippen molar-refractivity contribution in [2.45, 2.75) is 23.9 Å². The Labute approximate surface area is 147 Å². The first-order valence-corrected chi connectivity index (χ1v) is 8.72. The van der Waals surface area contributed by atoms with Gasteiger partial charge in [-0.25, -0.2) is 0 Å². The minimum atomic E-state index is -0.595. The topological polar surface area (TPSA) is 26.3 Å². The molecule has 5 rings (SSSR count). The van der Waals surface area contributed by atoms with Crippen LogP contribution < -0.4 is 4.74 Å². The molecule has 3 aromatic carbocycles. The standard InChI is InChI=1S/C23H18O2/c24-22-19(16-9-3-1-4-10-16)15-23(17-11-5-2-6-12-17)21(22)18-13-7-8-14-20(18)25-23/h1-14,19,21H,15H2/t19-,21?,23-/m1/s1. The molecule has 3 aromatic rings. The average molecular weight is 326 g/mol. The molecule has 0 saturated heterocycles. The van der Waals surface area contributed by atoms with Gasteiger partial charge in [0.1, 0.15) is 11.4 Å². The third-order valence-electron chi connectivity index (χ3n) is 5.59.